The van der Waals surface area contributed by atoms with Gasteiger partial charge in [0.25, 0.3) is 0 Å². The third kappa shape index (κ3) is 3.05. The number of benzene rings is 1. The molecule has 0 aromatic heterocycles. The van der Waals surface area contributed by atoms with Crippen molar-refractivity contribution in [2.45, 2.75) is 26.7 Å². The van der Waals surface area contributed by atoms with E-state index < -0.39 is 11.4 Å². The predicted molar refractivity (Wildman–Crippen MR) is 87.2 cm³/mol. The van der Waals surface area contributed by atoms with E-state index in [1.54, 1.807) is 11.8 Å². The first-order valence-electron chi connectivity index (χ1n) is 8.33. The number of nitrogens with zero attached hydrogens (tertiary/aromatic N) is 1. The van der Waals surface area contributed by atoms with Crippen LogP contribution in [0.25, 0.3) is 0 Å². The van der Waals surface area contributed by atoms with E-state index in [-0.39, 0.29) is 18.4 Å². The Labute approximate surface area is 141 Å². The number of amides is 1. The Morgan fingerprint density at radius 2 is 2.25 bits per heavy atom. The second kappa shape index (κ2) is 6.34. The standard InChI is InChI=1S/C18H23NO5/c1-3-23-14-4-5-15-12(9-14)8-13(10-24-15)16(20)19-7-6-18(2,11-19)17(21)22/h4-5,9,13H,3,6-8,10-11H2,1-2H3,(H,21,22)/t13-,18+/m0/s1. The van der Waals surface area contributed by atoms with Crippen molar-refractivity contribution in [3.63, 3.8) is 0 Å². The number of fused-ring (bicyclic) bond motifs is 1. The first kappa shape index (κ1) is 16.6. The highest BCUT2D eigenvalue weighted by atomic mass is 16.5. The highest BCUT2D eigenvalue weighted by Gasteiger charge is 2.43. The highest BCUT2D eigenvalue weighted by Crippen LogP contribution is 2.34. The summed E-state index contributed by atoms with van der Waals surface area (Å²) < 4.78 is 11.2. The van der Waals surface area contributed by atoms with Crippen molar-refractivity contribution in [2.24, 2.45) is 11.3 Å². The molecule has 24 heavy (non-hydrogen) atoms. The van der Waals surface area contributed by atoms with Crippen LogP contribution in [0.5, 0.6) is 11.5 Å². The van der Waals surface area contributed by atoms with Crippen molar-refractivity contribution < 1.29 is 24.2 Å². The van der Waals surface area contributed by atoms with Gasteiger partial charge in [0.15, 0.2) is 0 Å². The summed E-state index contributed by atoms with van der Waals surface area (Å²) in [6.07, 6.45) is 1.09. The second-order valence-electron chi connectivity index (χ2n) is 6.79. The van der Waals surface area contributed by atoms with Gasteiger partial charge >= 0.3 is 5.97 Å². The van der Waals surface area contributed by atoms with Crippen molar-refractivity contribution in [1.82, 2.24) is 4.90 Å². The van der Waals surface area contributed by atoms with E-state index in [1.165, 1.54) is 0 Å². The number of carbonyl (C=O) groups excluding carboxylic acids is 1. The van der Waals surface area contributed by atoms with Gasteiger partial charge in [-0.2, -0.15) is 0 Å². The first-order chi connectivity index (χ1) is 11.4. The van der Waals surface area contributed by atoms with Crippen molar-refractivity contribution in [2.75, 3.05) is 26.3 Å². The van der Waals surface area contributed by atoms with Gasteiger partial charge < -0.3 is 19.5 Å². The number of hydrogen-bond donors (Lipinski definition) is 1. The van der Waals surface area contributed by atoms with Gasteiger partial charge in [-0.1, -0.05) is 0 Å². The van der Waals surface area contributed by atoms with Crippen LogP contribution in [0.4, 0.5) is 0 Å². The third-order valence-electron chi connectivity index (χ3n) is 4.90. The number of carboxylic acids is 1. The zero-order valence-corrected chi connectivity index (χ0v) is 14.1. The summed E-state index contributed by atoms with van der Waals surface area (Å²) in [6, 6.07) is 5.66. The normalized spacial score (nSPS) is 25.8. The minimum atomic E-state index is -0.843. The molecule has 0 saturated carbocycles. The molecule has 1 aromatic rings. The van der Waals surface area contributed by atoms with Crippen molar-refractivity contribution in [3.05, 3.63) is 23.8 Å². The Morgan fingerprint density at radius 1 is 1.46 bits per heavy atom. The lowest BCUT2D eigenvalue weighted by Crippen LogP contribution is -2.41. The van der Waals surface area contributed by atoms with Gasteiger partial charge in [-0.25, -0.2) is 0 Å². The van der Waals surface area contributed by atoms with E-state index in [1.807, 2.05) is 25.1 Å². The van der Waals surface area contributed by atoms with Gasteiger partial charge in [0, 0.05) is 13.1 Å². The monoisotopic (exact) mass is 333 g/mol. The average molecular weight is 333 g/mol. The molecule has 6 heteroatoms. The Balaban J connectivity index is 1.70. The molecule has 3 rings (SSSR count). The van der Waals surface area contributed by atoms with Gasteiger partial charge in [0.1, 0.15) is 18.1 Å². The van der Waals surface area contributed by atoms with E-state index in [2.05, 4.69) is 0 Å². The van der Waals surface area contributed by atoms with E-state index >= 15 is 0 Å². The number of likely N-dealkylation sites (tertiary alicyclic amines) is 1. The Bertz CT molecular complexity index is 659. The molecule has 0 unspecified atom stereocenters. The van der Waals surface area contributed by atoms with Gasteiger partial charge in [0.05, 0.1) is 17.9 Å². The predicted octanol–water partition coefficient (Wildman–Crippen LogP) is 1.96. The molecule has 130 valence electrons. The van der Waals surface area contributed by atoms with Crippen LogP contribution in [0.15, 0.2) is 18.2 Å². The molecule has 1 fully saturated rings. The molecular weight excluding hydrogens is 310 g/mol. The molecule has 0 bridgehead atoms. The fourth-order valence-electron chi connectivity index (χ4n) is 3.37. The van der Waals surface area contributed by atoms with Crippen molar-refractivity contribution in [3.8, 4) is 11.5 Å². The van der Waals surface area contributed by atoms with Crippen LogP contribution >= 0.6 is 0 Å². The van der Waals surface area contributed by atoms with E-state index in [0.29, 0.717) is 32.6 Å². The summed E-state index contributed by atoms with van der Waals surface area (Å²) >= 11 is 0. The van der Waals surface area contributed by atoms with E-state index in [4.69, 9.17) is 9.47 Å². The maximum Gasteiger partial charge on any atom is 0.311 e. The fourth-order valence-corrected chi connectivity index (χ4v) is 3.37. The summed E-state index contributed by atoms with van der Waals surface area (Å²) in [4.78, 5) is 25.8. The average Bonchev–Trinajstić information content (AvgIpc) is 2.98. The lowest BCUT2D eigenvalue weighted by Gasteiger charge is -2.29. The maximum atomic E-state index is 12.8. The molecule has 1 N–H and O–H groups in total. The van der Waals surface area contributed by atoms with Crippen LogP contribution in [0.2, 0.25) is 0 Å². The second-order valence-corrected chi connectivity index (χ2v) is 6.79. The van der Waals surface area contributed by atoms with E-state index in [0.717, 1.165) is 17.1 Å². The number of carboxylic acid groups (broad SMARTS) is 1. The Morgan fingerprint density at radius 3 is 2.92 bits per heavy atom. The summed E-state index contributed by atoms with van der Waals surface area (Å²) in [5.41, 5.74) is 0.122. The van der Waals surface area contributed by atoms with Gasteiger partial charge in [-0.05, 0) is 50.5 Å². The molecule has 2 aliphatic rings. The van der Waals surface area contributed by atoms with Crippen LogP contribution in [0.3, 0.4) is 0 Å². The molecule has 1 aromatic carbocycles. The smallest absolute Gasteiger partial charge is 0.311 e. The van der Waals surface area contributed by atoms with Crippen LogP contribution in [-0.4, -0.2) is 48.2 Å². The molecule has 0 spiro atoms. The summed E-state index contributed by atoms with van der Waals surface area (Å²) in [5.74, 6) is 0.425. The Hall–Kier alpha value is -2.24. The minimum absolute atomic E-state index is 0.0209. The lowest BCUT2D eigenvalue weighted by molar-refractivity contribution is -0.147. The molecule has 2 atom stereocenters. The van der Waals surface area contributed by atoms with Gasteiger partial charge in [-0.15, -0.1) is 0 Å². The highest BCUT2D eigenvalue weighted by molar-refractivity contribution is 5.82. The zero-order chi connectivity index (χ0) is 17.3. The summed E-state index contributed by atoms with van der Waals surface area (Å²) in [7, 11) is 0. The van der Waals surface area contributed by atoms with Crippen LogP contribution in [0, 0.1) is 11.3 Å². The van der Waals surface area contributed by atoms with Gasteiger partial charge in [0.2, 0.25) is 5.91 Å². The topological polar surface area (TPSA) is 76.1 Å². The fraction of sp³-hybridized carbons (Fsp3) is 0.556. The quantitative estimate of drug-likeness (QED) is 0.911. The number of ether oxygens (including phenoxy) is 2. The van der Waals surface area contributed by atoms with Crippen molar-refractivity contribution in [1.29, 1.82) is 0 Å². The molecule has 0 radical (unpaired) electrons. The molecule has 0 aliphatic carbocycles. The first-order valence-corrected chi connectivity index (χ1v) is 8.33. The maximum absolute atomic E-state index is 12.8. The molecular formula is C18H23NO5. The van der Waals surface area contributed by atoms with Crippen LogP contribution in [0.1, 0.15) is 25.8 Å². The number of aliphatic carboxylic acids is 1. The summed E-state index contributed by atoms with van der Waals surface area (Å²) in [5, 5.41) is 9.32. The molecule has 2 aliphatic heterocycles. The number of hydrogen-bond acceptors (Lipinski definition) is 4. The van der Waals surface area contributed by atoms with Crippen LogP contribution in [-0.2, 0) is 16.0 Å². The Kier molecular flexibility index (Phi) is 4.39. The lowest BCUT2D eigenvalue weighted by atomic mass is 9.90. The third-order valence-corrected chi connectivity index (χ3v) is 4.90. The molecule has 1 saturated heterocycles. The largest absolute Gasteiger partial charge is 0.494 e. The molecule has 1 amide bonds. The summed E-state index contributed by atoms with van der Waals surface area (Å²) in [6.45, 7) is 5.30. The number of carbonyl (C=O) groups is 2. The van der Waals surface area contributed by atoms with Gasteiger partial charge in [-0.3, -0.25) is 9.59 Å². The zero-order valence-electron chi connectivity index (χ0n) is 14.1. The molecule has 2 heterocycles. The van der Waals surface area contributed by atoms with E-state index in [9.17, 15) is 14.7 Å². The van der Waals surface area contributed by atoms with Crippen LogP contribution < -0.4 is 9.47 Å². The minimum Gasteiger partial charge on any atom is -0.494 e. The SMILES string of the molecule is CCOc1ccc2c(c1)C[C@H](C(=O)N1CC[C@@](C)(C(=O)O)C1)CO2. The molecule has 6 nitrogen and oxygen atoms in total. The number of rotatable bonds is 4. The van der Waals surface area contributed by atoms with Crippen molar-refractivity contribution >= 4 is 11.9 Å².